The highest BCUT2D eigenvalue weighted by molar-refractivity contribution is 6.61. The molecule has 138 valence electrons. The number of aromatic nitrogens is 2. The molecule has 0 radical (unpaired) electrons. The van der Waals surface area contributed by atoms with E-state index < -0.39 is 7.12 Å². The summed E-state index contributed by atoms with van der Waals surface area (Å²) in [5, 5.41) is 8.99. The zero-order chi connectivity index (χ0) is 18.1. The minimum Gasteiger partial charge on any atom is -0.463 e. The Kier molecular flexibility index (Phi) is 5.34. The van der Waals surface area contributed by atoms with Crippen LogP contribution >= 0.6 is 0 Å². The molecule has 3 rings (SSSR count). The number of hydrogen-bond acceptors (Lipinski definition) is 7. The van der Waals surface area contributed by atoms with Gasteiger partial charge < -0.3 is 24.1 Å². The number of rotatable bonds is 6. The van der Waals surface area contributed by atoms with Gasteiger partial charge in [0, 0.05) is 36.9 Å². The Bertz CT molecular complexity index is 566. The highest BCUT2D eigenvalue weighted by Gasteiger charge is 2.51. The van der Waals surface area contributed by atoms with Crippen LogP contribution in [0.3, 0.4) is 0 Å². The van der Waals surface area contributed by atoms with E-state index >= 15 is 0 Å². The highest BCUT2D eigenvalue weighted by atomic mass is 16.7. The fraction of sp³-hybridized carbons (Fsp3) is 0.765. The molecular formula is C17H28BN3O4. The van der Waals surface area contributed by atoms with Gasteiger partial charge in [-0.1, -0.05) is 0 Å². The lowest BCUT2D eigenvalue weighted by atomic mass is 9.81. The van der Waals surface area contributed by atoms with Crippen LogP contribution in [-0.2, 0) is 9.31 Å². The topological polar surface area (TPSA) is 76.9 Å². The molecule has 8 heteroatoms. The number of likely N-dealkylation sites (tertiary alicyclic amines) is 1. The van der Waals surface area contributed by atoms with Gasteiger partial charge in [-0.05, 0) is 40.7 Å². The van der Waals surface area contributed by atoms with E-state index in [1.165, 1.54) is 0 Å². The number of aliphatic hydroxyl groups is 1. The normalized spacial score (nSPS) is 25.5. The van der Waals surface area contributed by atoms with E-state index in [4.69, 9.17) is 19.2 Å². The van der Waals surface area contributed by atoms with Gasteiger partial charge in [0.05, 0.1) is 24.4 Å². The molecule has 3 heterocycles. The van der Waals surface area contributed by atoms with Crippen molar-refractivity contribution in [2.75, 3.05) is 32.8 Å². The zero-order valence-electron chi connectivity index (χ0n) is 15.6. The molecule has 1 aromatic heterocycles. The van der Waals surface area contributed by atoms with E-state index in [1.54, 1.807) is 12.4 Å². The van der Waals surface area contributed by atoms with Gasteiger partial charge in [0.1, 0.15) is 0 Å². The predicted octanol–water partition coefficient (Wildman–Crippen LogP) is 0.469. The second-order valence-corrected chi connectivity index (χ2v) is 7.88. The van der Waals surface area contributed by atoms with Crippen molar-refractivity contribution in [3.63, 3.8) is 0 Å². The van der Waals surface area contributed by atoms with Crippen molar-refractivity contribution in [3.05, 3.63) is 12.4 Å². The van der Waals surface area contributed by atoms with Crippen LogP contribution in [0.1, 0.15) is 34.1 Å². The highest BCUT2D eigenvalue weighted by Crippen LogP contribution is 2.36. The molecule has 7 nitrogen and oxygen atoms in total. The first kappa shape index (κ1) is 18.6. The third kappa shape index (κ3) is 4.14. The molecule has 2 aliphatic heterocycles. The maximum Gasteiger partial charge on any atom is 0.498 e. The molecule has 0 amide bonds. The summed E-state index contributed by atoms with van der Waals surface area (Å²) in [5.41, 5.74) is 0.0342. The molecule has 0 unspecified atom stereocenters. The summed E-state index contributed by atoms with van der Waals surface area (Å²) in [6.45, 7) is 11.6. The lowest BCUT2D eigenvalue weighted by Gasteiger charge is -2.32. The van der Waals surface area contributed by atoms with Crippen molar-refractivity contribution < 1.29 is 19.2 Å². The number of aliphatic hydroxyl groups excluding tert-OH is 1. The molecule has 2 saturated heterocycles. The molecule has 0 bridgehead atoms. The molecule has 1 aromatic rings. The van der Waals surface area contributed by atoms with Crippen molar-refractivity contribution in [2.45, 2.75) is 45.3 Å². The van der Waals surface area contributed by atoms with Gasteiger partial charge in [-0.2, -0.15) is 0 Å². The van der Waals surface area contributed by atoms with Crippen LogP contribution < -0.4 is 10.2 Å². The zero-order valence-corrected chi connectivity index (χ0v) is 15.6. The van der Waals surface area contributed by atoms with Crippen molar-refractivity contribution in [1.29, 1.82) is 0 Å². The Hall–Kier alpha value is -1.22. The van der Waals surface area contributed by atoms with Crippen LogP contribution in [0.4, 0.5) is 0 Å². The van der Waals surface area contributed by atoms with E-state index in [1.807, 2.05) is 27.7 Å². The van der Waals surface area contributed by atoms with Crippen LogP contribution in [0.5, 0.6) is 6.01 Å². The second kappa shape index (κ2) is 7.19. The summed E-state index contributed by atoms with van der Waals surface area (Å²) < 4.78 is 17.7. The SMILES string of the molecule is CC1(C)OB(c2cnc(OC[C@H]3CCN(CCO)C3)nc2)OC1(C)C. The van der Waals surface area contributed by atoms with Crippen molar-refractivity contribution in [2.24, 2.45) is 5.92 Å². The standard InChI is InChI=1S/C17H28BN3O4/c1-16(2)17(3,4)25-18(24-16)14-9-19-15(20-10-14)23-12-13-5-6-21(11-13)7-8-22/h9-10,13,22H,5-8,11-12H2,1-4H3/t13-/m0/s1. The lowest BCUT2D eigenvalue weighted by molar-refractivity contribution is 0.00578. The van der Waals surface area contributed by atoms with Gasteiger partial charge in [-0.15, -0.1) is 0 Å². The van der Waals surface area contributed by atoms with Gasteiger partial charge in [0.25, 0.3) is 0 Å². The van der Waals surface area contributed by atoms with Crippen LogP contribution in [0.15, 0.2) is 12.4 Å². The van der Waals surface area contributed by atoms with Crippen LogP contribution in [0.25, 0.3) is 0 Å². The van der Waals surface area contributed by atoms with Crippen molar-refractivity contribution >= 4 is 12.6 Å². The van der Waals surface area contributed by atoms with Crippen LogP contribution in [0, 0.1) is 5.92 Å². The van der Waals surface area contributed by atoms with Crippen LogP contribution in [-0.4, -0.2) is 71.1 Å². The number of ether oxygens (including phenoxy) is 1. The minimum absolute atomic E-state index is 0.205. The maximum absolute atomic E-state index is 8.99. The Labute approximate surface area is 149 Å². The first-order valence-corrected chi connectivity index (χ1v) is 8.94. The molecule has 0 spiro atoms. The molecule has 0 saturated carbocycles. The third-order valence-corrected chi connectivity index (χ3v) is 5.41. The molecule has 0 aromatic carbocycles. The first-order valence-electron chi connectivity index (χ1n) is 8.94. The molecule has 25 heavy (non-hydrogen) atoms. The smallest absolute Gasteiger partial charge is 0.463 e. The van der Waals surface area contributed by atoms with Gasteiger partial charge in [0.15, 0.2) is 0 Å². The summed E-state index contributed by atoms with van der Waals surface area (Å²) in [7, 11) is -0.457. The Morgan fingerprint density at radius 3 is 2.48 bits per heavy atom. The average molecular weight is 349 g/mol. The average Bonchev–Trinajstić information content (AvgIpc) is 3.08. The molecule has 0 aliphatic carbocycles. The molecule has 2 fully saturated rings. The fourth-order valence-corrected chi connectivity index (χ4v) is 3.09. The lowest BCUT2D eigenvalue weighted by Crippen LogP contribution is -2.41. The summed E-state index contributed by atoms with van der Waals surface area (Å²) in [4.78, 5) is 10.8. The monoisotopic (exact) mass is 349 g/mol. The van der Waals surface area contributed by atoms with Crippen LogP contribution in [0.2, 0.25) is 0 Å². The fourth-order valence-electron chi connectivity index (χ4n) is 3.09. The molecule has 2 aliphatic rings. The van der Waals surface area contributed by atoms with Gasteiger partial charge in [0.2, 0.25) is 0 Å². The van der Waals surface area contributed by atoms with E-state index in [-0.39, 0.29) is 17.8 Å². The number of hydrogen-bond donors (Lipinski definition) is 1. The Balaban J connectivity index is 1.52. The van der Waals surface area contributed by atoms with E-state index in [0.717, 1.165) is 31.5 Å². The van der Waals surface area contributed by atoms with Crippen molar-refractivity contribution in [3.8, 4) is 6.01 Å². The number of β-amino-alcohol motifs (C(OH)–C–C–N with tert-alkyl or cyclic N) is 1. The summed E-state index contributed by atoms with van der Waals surface area (Å²) in [6, 6.07) is 0.376. The Morgan fingerprint density at radius 1 is 1.24 bits per heavy atom. The van der Waals surface area contributed by atoms with E-state index in [0.29, 0.717) is 18.5 Å². The quantitative estimate of drug-likeness (QED) is 0.748. The van der Waals surface area contributed by atoms with Gasteiger partial charge in [-0.3, -0.25) is 0 Å². The largest absolute Gasteiger partial charge is 0.498 e. The summed E-state index contributed by atoms with van der Waals surface area (Å²) >= 11 is 0. The van der Waals surface area contributed by atoms with Gasteiger partial charge in [-0.25, -0.2) is 9.97 Å². The number of nitrogens with zero attached hydrogens (tertiary/aromatic N) is 3. The van der Waals surface area contributed by atoms with Crippen molar-refractivity contribution in [1.82, 2.24) is 14.9 Å². The predicted molar refractivity (Wildman–Crippen MR) is 94.9 cm³/mol. The van der Waals surface area contributed by atoms with E-state index in [2.05, 4.69) is 14.9 Å². The maximum atomic E-state index is 8.99. The second-order valence-electron chi connectivity index (χ2n) is 7.88. The molecule has 1 N–H and O–H groups in total. The van der Waals surface area contributed by atoms with Gasteiger partial charge >= 0.3 is 13.1 Å². The third-order valence-electron chi connectivity index (χ3n) is 5.41. The summed E-state index contributed by atoms with van der Waals surface area (Å²) in [5.74, 6) is 0.456. The minimum atomic E-state index is -0.457. The summed E-state index contributed by atoms with van der Waals surface area (Å²) in [6.07, 6.45) is 4.49. The Morgan fingerprint density at radius 2 is 1.88 bits per heavy atom. The molecule has 1 atom stereocenters. The molecular weight excluding hydrogens is 321 g/mol. The first-order chi connectivity index (χ1) is 11.8. The van der Waals surface area contributed by atoms with E-state index in [9.17, 15) is 0 Å².